The van der Waals surface area contributed by atoms with E-state index in [1.807, 2.05) is 18.0 Å². The molecular weight excluding hydrogens is 383 g/mol. The molecule has 0 radical (unpaired) electrons. The standard InChI is InChI=1S/C19H20F3N7/c1-2-14-13-8-24-17(25-16(13)27-26-14)28-6-4-18(9-28)10-29(11-18)12-3-5-23-15(7-12)19(20,21)22/h3,5,7-8H,2,4,6,9-11H2,1H3,(H,24,25,26,27). The predicted octanol–water partition coefficient (Wildman–Crippen LogP) is 3.05. The van der Waals surface area contributed by atoms with Crippen molar-refractivity contribution in [3.8, 4) is 0 Å². The monoisotopic (exact) mass is 403 g/mol. The van der Waals surface area contributed by atoms with Crippen molar-refractivity contribution in [1.29, 1.82) is 0 Å². The van der Waals surface area contributed by atoms with Gasteiger partial charge in [-0.25, -0.2) is 4.98 Å². The Morgan fingerprint density at radius 3 is 2.72 bits per heavy atom. The molecule has 5 rings (SSSR count). The SMILES string of the molecule is CCc1[nH]nc2nc(N3CCC4(CN(c5ccnc(C(F)(F)F)c5)C4)C3)ncc12. The van der Waals surface area contributed by atoms with Gasteiger partial charge in [0.05, 0.1) is 5.39 Å². The van der Waals surface area contributed by atoms with Gasteiger partial charge in [0.25, 0.3) is 0 Å². The Hall–Kier alpha value is -2.91. The number of halogens is 3. The molecule has 2 saturated heterocycles. The van der Waals surface area contributed by atoms with Gasteiger partial charge in [0, 0.05) is 55.4 Å². The fourth-order valence-electron chi connectivity index (χ4n) is 4.35. The summed E-state index contributed by atoms with van der Waals surface area (Å²) in [7, 11) is 0. The molecule has 0 aliphatic carbocycles. The molecule has 2 aliphatic rings. The number of aromatic amines is 1. The normalized spacial score (nSPS) is 18.6. The Labute approximate surface area is 165 Å². The highest BCUT2D eigenvalue weighted by Gasteiger charge is 2.48. The number of anilines is 2. The van der Waals surface area contributed by atoms with E-state index in [0.717, 1.165) is 56.2 Å². The maximum atomic E-state index is 12.9. The van der Waals surface area contributed by atoms with Crippen molar-refractivity contribution in [2.45, 2.75) is 25.9 Å². The lowest BCUT2D eigenvalue weighted by molar-refractivity contribution is -0.141. The highest BCUT2D eigenvalue weighted by Crippen LogP contribution is 2.43. The number of pyridine rings is 1. The molecule has 3 aromatic rings. The van der Waals surface area contributed by atoms with E-state index in [4.69, 9.17) is 0 Å². The molecule has 0 unspecified atom stereocenters. The second-order valence-electron chi connectivity index (χ2n) is 7.89. The first-order chi connectivity index (χ1) is 13.9. The lowest BCUT2D eigenvalue weighted by Gasteiger charge is -2.49. The quantitative estimate of drug-likeness (QED) is 0.725. The van der Waals surface area contributed by atoms with Crippen molar-refractivity contribution >= 4 is 22.7 Å². The summed E-state index contributed by atoms with van der Waals surface area (Å²) >= 11 is 0. The molecule has 29 heavy (non-hydrogen) atoms. The second-order valence-corrected chi connectivity index (χ2v) is 7.89. The van der Waals surface area contributed by atoms with E-state index in [1.165, 1.54) is 6.20 Å². The third-order valence-electron chi connectivity index (χ3n) is 5.90. The molecule has 152 valence electrons. The molecule has 2 aliphatic heterocycles. The van der Waals surface area contributed by atoms with Gasteiger partial charge in [-0.1, -0.05) is 6.92 Å². The second kappa shape index (κ2) is 6.30. The van der Waals surface area contributed by atoms with Crippen LogP contribution < -0.4 is 9.80 Å². The zero-order chi connectivity index (χ0) is 20.2. The van der Waals surface area contributed by atoms with Crippen LogP contribution in [0.5, 0.6) is 0 Å². The highest BCUT2D eigenvalue weighted by molar-refractivity contribution is 5.77. The topological polar surface area (TPSA) is 73.8 Å². The summed E-state index contributed by atoms with van der Waals surface area (Å²) in [5.74, 6) is 0.658. The van der Waals surface area contributed by atoms with Crippen LogP contribution in [0.2, 0.25) is 0 Å². The van der Waals surface area contributed by atoms with E-state index in [9.17, 15) is 13.2 Å². The van der Waals surface area contributed by atoms with Crippen LogP contribution in [0.3, 0.4) is 0 Å². The average molecular weight is 403 g/mol. The number of nitrogens with one attached hydrogen (secondary N) is 1. The smallest absolute Gasteiger partial charge is 0.370 e. The van der Waals surface area contributed by atoms with E-state index in [1.54, 1.807) is 6.07 Å². The number of fused-ring (bicyclic) bond motifs is 1. The van der Waals surface area contributed by atoms with E-state index in [-0.39, 0.29) is 5.41 Å². The van der Waals surface area contributed by atoms with Gasteiger partial charge in [0.15, 0.2) is 5.65 Å². The third-order valence-corrected chi connectivity index (χ3v) is 5.90. The third kappa shape index (κ3) is 3.06. The minimum absolute atomic E-state index is 0.0557. The molecule has 1 N–H and O–H groups in total. The van der Waals surface area contributed by atoms with Crippen LogP contribution >= 0.6 is 0 Å². The number of hydrogen-bond donors (Lipinski definition) is 1. The van der Waals surface area contributed by atoms with Crippen molar-refractivity contribution in [2.75, 3.05) is 36.0 Å². The van der Waals surface area contributed by atoms with Gasteiger partial charge in [0.1, 0.15) is 5.69 Å². The number of aromatic nitrogens is 5. The van der Waals surface area contributed by atoms with Crippen LogP contribution in [0.25, 0.3) is 11.0 Å². The first-order valence-corrected chi connectivity index (χ1v) is 9.60. The minimum Gasteiger partial charge on any atom is -0.370 e. The van der Waals surface area contributed by atoms with Crippen LogP contribution in [0.1, 0.15) is 24.7 Å². The molecule has 0 saturated carbocycles. The maximum Gasteiger partial charge on any atom is 0.433 e. The number of aryl methyl sites for hydroxylation is 1. The summed E-state index contributed by atoms with van der Waals surface area (Å²) in [5.41, 5.74) is 1.46. The number of nitrogens with zero attached hydrogens (tertiary/aromatic N) is 6. The summed E-state index contributed by atoms with van der Waals surface area (Å²) in [6, 6.07) is 2.76. The predicted molar refractivity (Wildman–Crippen MR) is 102 cm³/mol. The maximum absolute atomic E-state index is 12.9. The Morgan fingerprint density at radius 2 is 1.97 bits per heavy atom. The van der Waals surface area contributed by atoms with Crippen molar-refractivity contribution in [1.82, 2.24) is 25.1 Å². The molecule has 0 aromatic carbocycles. The largest absolute Gasteiger partial charge is 0.433 e. The first kappa shape index (κ1) is 18.1. The van der Waals surface area contributed by atoms with Crippen molar-refractivity contribution < 1.29 is 13.2 Å². The molecular formula is C19H20F3N7. The van der Waals surface area contributed by atoms with E-state index in [2.05, 4.69) is 30.0 Å². The first-order valence-electron chi connectivity index (χ1n) is 9.60. The van der Waals surface area contributed by atoms with E-state index >= 15 is 0 Å². The van der Waals surface area contributed by atoms with Crippen LogP contribution in [0, 0.1) is 5.41 Å². The molecule has 2 fully saturated rings. The number of alkyl halides is 3. The summed E-state index contributed by atoms with van der Waals surface area (Å²) < 4.78 is 38.7. The molecule has 10 heteroatoms. The van der Waals surface area contributed by atoms with Crippen molar-refractivity contribution in [3.63, 3.8) is 0 Å². The Morgan fingerprint density at radius 1 is 1.17 bits per heavy atom. The van der Waals surface area contributed by atoms with Crippen LogP contribution in [-0.4, -0.2) is 51.3 Å². The summed E-state index contributed by atoms with van der Waals surface area (Å²) in [6.45, 7) is 5.10. The molecule has 0 bridgehead atoms. The molecule has 3 aromatic heterocycles. The summed E-state index contributed by atoms with van der Waals surface area (Å²) in [4.78, 5) is 16.7. The van der Waals surface area contributed by atoms with Crippen LogP contribution in [0.4, 0.5) is 24.8 Å². The van der Waals surface area contributed by atoms with Crippen LogP contribution in [0.15, 0.2) is 24.5 Å². The van der Waals surface area contributed by atoms with E-state index < -0.39 is 11.9 Å². The molecule has 7 nitrogen and oxygen atoms in total. The zero-order valence-corrected chi connectivity index (χ0v) is 15.9. The summed E-state index contributed by atoms with van der Waals surface area (Å²) in [5, 5.41) is 8.20. The average Bonchev–Trinajstić information content (AvgIpc) is 3.30. The number of H-pyrrole nitrogens is 1. The molecule has 0 atom stereocenters. The lowest BCUT2D eigenvalue weighted by atomic mass is 9.79. The van der Waals surface area contributed by atoms with Crippen molar-refractivity contribution in [3.05, 3.63) is 35.9 Å². The zero-order valence-electron chi connectivity index (χ0n) is 15.9. The number of rotatable bonds is 3. The Balaban J connectivity index is 1.29. The van der Waals surface area contributed by atoms with Crippen molar-refractivity contribution in [2.24, 2.45) is 5.41 Å². The van der Waals surface area contributed by atoms with Gasteiger partial charge in [-0.3, -0.25) is 10.1 Å². The van der Waals surface area contributed by atoms with Gasteiger partial charge in [-0.05, 0) is 25.0 Å². The van der Waals surface area contributed by atoms with Gasteiger partial charge in [0.2, 0.25) is 5.95 Å². The fraction of sp³-hybridized carbons (Fsp3) is 0.474. The summed E-state index contributed by atoms with van der Waals surface area (Å²) in [6.07, 6.45) is 0.410. The Bertz CT molecular complexity index is 1060. The highest BCUT2D eigenvalue weighted by atomic mass is 19.4. The minimum atomic E-state index is -4.43. The Kier molecular flexibility index (Phi) is 3.94. The lowest BCUT2D eigenvalue weighted by Crippen LogP contribution is -2.57. The molecule has 5 heterocycles. The fourth-order valence-corrected chi connectivity index (χ4v) is 4.35. The van der Waals surface area contributed by atoms with Gasteiger partial charge in [-0.15, -0.1) is 0 Å². The van der Waals surface area contributed by atoms with Gasteiger partial charge in [-0.2, -0.15) is 23.3 Å². The van der Waals surface area contributed by atoms with Crippen LogP contribution in [-0.2, 0) is 12.6 Å². The number of hydrogen-bond acceptors (Lipinski definition) is 6. The van der Waals surface area contributed by atoms with E-state index in [0.29, 0.717) is 17.3 Å². The molecule has 0 amide bonds. The van der Waals surface area contributed by atoms with Gasteiger partial charge >= 0.3 is 6.18 Å². The molecule has 1 spiro atoms. The van der Waals surface area contributed by atoms with Gasteiger partial charge < -0.3 is 9.80 Å².